The first-order valence-corrected chi connectivity index (χ1v) is 5.71. The maximum Gasteiger partial charge on any atom is 0.123 e. The number of alkyl halides is 1. The van der Waals surface area contributed by atoms with Gasteiger partial charge in [0.05, 0.1) is 11.0 Å². The molecule has 0 unspecified atom stereocenters. The predicted octanol–water partition coefficient (Wildman–Crippen LogP) is 3.38. The van der Waals surface area contributed by atoms with Crippen LogP contribution < -0.4 is 4.74 Å². The molecule has 0 saturated carbocycles. The number of rotatable bonds is 3. The first-order chi connectivity index (χ1) is 8.78. The molecule has 1 aromatic heterocycles. The van der Waals surface area contributed by atoms with Crippen LogP contribution in [-0.2, 0) is 0 Å². The lowest BCUT2D eigenvalue weighted by Gasteiger charge is -2.02. The van der Waals surface area contributed by atoms with Crippen molar-refractivity contribution in [3.8, 4) is 11.5 Å². The normalized spacial score (nSPS) is 11.2. The number of ether oxygens (including phenoxy) is 1. The van der Waals surface area contributed by atoms with Crippen LogP contribution in [0.25, 0.3) is 21.8 Å². The Balaban J connectivity index is 2.14. The summed E-state index contributed by atoms with van der Waals surface area (Å²) in [4.78, 5) is 3.20. The molecule has 0 bridgehead atoms. The lowest BCUT2D eigenvalue weighted by molar-refractivity contribution is 0.273. The number of phenolic OH excluding ortho intramolecular Hbond substituents is 1. The number of nitrogens with one attached hydrogen (secondary N) is 1. The van der Waals surface area contributed by atoms with E-state index in [-0.39, 0.29) is 12.4 Å². The number of aromatic hydroxyl groups is 1. The van der Waals surface area contributed by atoms with Crippen LogP contribution in [0.4, 0.5) is 4.39 Å². The second-order valence-electron chi connectivity index (χ2n) is 4.10. The molecule has 0 fully saturated rings. The van der Waals surface area contributed by atoms with Crippen molar-refractivity contribution in [2.24, 2.45) is 0 Å². The van der Waals surface area contributed by atoms with Crippen LogP contribution in [0.1, 0.15) is 0 Å². The number of aromatic amines is 1. The van der Waals surface area contributed by atoms with Crippen molar-refractivity contribution in [2.45, 2.75) is 0 Å². The molecule has 0 aliphatic heterocycles. The molecule has 0 radical (unpaired) electrons. The fourth-order valence-electron chi connectivity index (χ4n) is 2.12. The predicted molar refractivity (Wildman–Crippen MR) is 68.9 cm³/mol. The molecule has 3 rings (SSSR count). The van der Waals surface area contributed by atoms with Crippen LogP contribution in [0.5, 0.6) is 11.5 Å². The number of benzene rings is 2. The molecule has 0 amide bonds. The van der Waals surface area contributed by atoms with E-state index >= 15 is 0 Å². The lowest BCUT2D eigenvalue weighted by atomic mass is 10.1. The maximum atomic E-state index is 12.0. The molecular weight excluding hydrogens is 233 g/mol. The highest BCUT2D eigenvalue weighted by Gasteiger charge is 2.06. The Morgan fingerprint density at radius 3 is 2.56 bits per heavy atom. The van der Waals surface area contributed by atoms with Gasteiger partial charge in [-0.2, -0.15) is 0 Å². The van der Waals surface area contributed by atoms with E-state index in [1.165, 1.54) is 0 Å². The largest absolute Gasteiger partial charge is 0.508 e. The molecule has 0 saturated heterocycles. The van der Waals surface area contributed by atoms with Crippen molar-refractivity contribution >= 4 is 21.8 Å². The van der Waals surface area contributed by atoms with Gasteiger partial charge < -0.3 is 14.8 Å². The molecule has 1 heterocycles. The van der Waals surface area contributed by atoms with Gasteiger partial charge in [0.2, 0.25) is 0 Å². The summed E-state index contributed by atoms with van der Waals surface area (Å²) in [5, 5.41) is 11.5. The average Bonchev–Trinajstić information content (AvgIpc) is 2.72. The molecule has 92 valence electrons. The Labute approximate surface area is 103 Å². The van der Waals surface area contributed by atoms with Gasteiger partial charge in [0.1, 0.15) is 24.8 Å². The second-order valence-corrected chi connectivity index (χ2v) is 4.10. The first-order valence-electron chi connectivity index (χ1n) is 5.71. The molecule has 0 aliphatic carbocycles. The summed E-state index contributed by atoms with van der Waals surface area (Å²) in [5.41, 5.74) is 1.78. The lowest BCUT2D eigenvalue weighted by Crippen LogP contribution is -1.98. The van der Waals surface area contributed by atoms with E-state index in [9.17, 15) is 9.50 Å². The van der Waals surface area contributed by atoms with Gasteiger partial charge in [-0.3, -0.25) is 0 Å². The molecule has 0 spiro atoms. The highest BCUT2D eigenvalue weighted by molar-refractivity contribution is 6.07. The van der Waals surface area contributed by atoms with E-state index in [4.69, 9.17) is 4.74 Å². The Hall–Kier alpha value is -2.23. The summed E-state index contributed by atoms with van der Waals surface area (Å²) in [5.74, 6) is 0.860. The zero-order valence-corrected chi connectivity index (χ0v) is 9.61. The molecule has 3 aromatic rings. The Bertz CT molecular complexity index is 705. The van der Waals surface area contributed by atoms with Crippen LogP contribution in [-0.4, -0.2) is 23.4 Å². The zero-order chi connectivity index (χ0) is 12.5. The minimum Gasteiger partial charge on any atom is -0.508 e. The van der Waals surface area contributed by atoms with Gasteiger partial charge in [-0.15, -0.1) is 0 Å². The molecule has 18 heavy (non-hydrogen) atoms. The highest BCUT2D eigenvalue weighted by Crippen LogP contribution is 2.30. The average molecular weight is 245 g/mol. The van der Waals surface area contributed by atoms with Crippen LogP contribution in [0.3, 0.4) is 0 Å². The van der Waals surface area contributed by atoms with Gasteiger partial charge >= 0.3 is 0 Å². The summed E-state index contributed by atoms with van der Waals surface area (Å²) in [6, 6.07) is 10.8. The van der Waals surface area contributed by atoms with Gasteiger partial charge in [0.15, 0.2) is 0 Å². The molecule has 2 N–H and O–H groups in total. The summed E-state index contributed by atoms with van der Waals surface area (Å²) < 4.78 is 17.3. The Kier molecular flexibility index (Phi) is 2.55. The first kappa shape index (κ1) is 10.9. The fourth-order valence-corrected chi connectivity index (χ4v) is 2.12. The summed E-state index contributed by atoms with van der Waals surface area (Å²) in [6.45, 7) is -0.439. The number of aromatic nitrogens is 1. The smallest absolute Gasteiger partial charge is 0.123 e. The van der Waals surface area contributed by atoms with E-state index in [0.717, 1.165) is 21.8 Å². The maximum absolute atomic E-state index is 12.0. The van der Waals surface area contributed by atoms with Crippen LogP contribution in [0.15, 0.2) is 36.4 Å². The van der Waals surface area contributed by atoms with Gasteiger partial charge in [-0.05, 0) is 24.3 Å². The van der Waals surface area contributed by atoms with Crippen molar-refractivity contribution in [1.82, 2.24) is 4.98 Å². The second kappa shape index (κ2) is 4.22. The summed E-state index contributed by atoms with van der Waals surface area (Å²) in [7, 11) is 0. The number of fused-ring (bicyclic) bond motifs is 3. The van der Waals surface area contributed by atoms with E-state index in [1.54, 1.807) is 12.1 Å². The van der Waals surface area contributed by atoms with Crippen LogP contribution >= 0.6 is 0 Å². The monoisotopic (exact) mass is 245 g/mol. The van der Waals surface area contributed by atoms with Crippen molar-refractivity contribution in [1.29, 1.82) is 0 Å². The molecule has 2 aromatic carbocycles. The minimum atomic E-state index is -0.501. The van der Waals surface area contributed by atoms with Crippen molar-refractivity contribution in [2.75, 3.05) is 13.3 Å². The summed E-state index contributed by atoms with van der Waals surface area (Å²) in [6.07, 6.45) is 0. The highest BCUT2D eigenvalue weighted by atomic mass is 19.1. The van der Waals surface area contributed by atoms with E-state index < -0.39 is 6.67 Å². The molecule has 0 aliphatic rings. The fraction of sp³-hybridized carbons (Fsp3) is 0.143. The van der Waals surface area contributed by atoms with Crippen LogP contribution in [0, 0.1) is 0 Å². The number of hydrogen-bond donors (Lipinski definition) is 2. The van der Waals surface area contributed by atoms with E-state index in [1.807, 2.05) is 24.3 Å². The van der Waals surface area contributed by atoms with Gasteiger partial charge in [-0.25, -0.2) is 4.39 Å². The van der Waals surface area contributed by atoms with E-state index in [0.29, 0.717) is 5.75 Å². The number of hydrogen-bond acceptors (Lipinski definition) is 2. The van der Waals surface area contributed by atoms with Gasteiger partial charge in [-0.1, -0.05) is 0 Å². The number of H-pyrrole nitrogens is 1. The standard InChI is InChI=1S/C14H12FNO2/c15-5-6-18-10-2-4-12-11-3-1-9(17)7-13(11)16-14(12)8-10/h1-4,7-8,16-17H,5-6H2. The molecule has 4 heteroatoms. The SMILES string of the molecule is Oc1ccc2c(c1)[nH]c1cc(OCCF)ccc12. The number of halogens is 1. The van der Waals surface area contributed by atoms with Crippen molar-refractivity contribution in [3.05, 3.63) is 36.4 Å². The van der Waals surface area contributed by atoms with Crippen LogP contribution in [0.2, 0.25) is 0 Å². The quantitative estimate of drug-likeness (QED) is 0.743. The van der Waals surface area contributed by atoms with Crippen molar-refractivity contribution in [3.63, 3.8) is 0 Å². The molecular formula is C14H12FNO2. The van der Waals surface area contributed by atoms with Gasteiger partial charge in [0.25, 0.3) is 0 Å². The minimum absolute atomic E-state index is 0.0620. The Morgan fingerprint density at radius 2 is 1.78 bits per heavy atom. The summed E-state index contributed by atoms with van der Waals surface area (Å²) >= 11 is 0. The zero-order valence-electron chi connectivity index (χ0n) is 9.61. The Morgan fingerprint density at radius 1 is 1.06 bits per heavy atom. The third kappa shape index (κ3) is 1.76. The molecule has 3 nitrogen and oxygen atoms in total. The third-order valence-electron chi connectivity index (χ3n) is 2.90. The third-order valence-corrected chi connectivity index (χ3v) is 2.90. The van der Waals surface area contributed by atoms with Gasteiger partial charge in [0, 0.05) is 22.9 Å². The van der Waals surface area contributed by atoms with Crippen molar-refractivity contribution < 1.29 is 14.2 Å². The number of phenols is 1. The topological polar surface area (TPSA) is 45.2 Å². The molecule has 0 atom stereocenters. The van der Waals surface area contributed by atoms with E-state index in [2.05, 4.69) is 4.98 Å².